The van der Waals surface area contributed by atoms with Crippen LogP contribution in [0.4, 0.5) is 0 Å². The van der Waals surface area contributed by atoms with Gasteiger partial charge in [0, 0.05) is 6.42 Å². The number of methoxy groups -OCH3 is 1. The molecule has 0 saturated carbocycles. The molecular formula is C26H40N6O10. The number of phenolic OH excluding ortho intramolecular Hbond substituents is 1. The van der Waals surface area contributed by atoms with E-state index in [0.717, 1.165) is 7.11 Å². The molecule has 42 heavy (non-hydrogen) atoms. The van der Waals surface area contributed by atoms with E-state index in [0.29, 0.717) is 5.56 Å². The Kier molecular flexibility index (Phi) is 14.3. The van der Waals surface area contributed by atoms with E-state index in [-0.39, 0.29) is 18.6 Å². The van der Waals surface area contributed by atoms with E-state index >= 15 is 0 Å². The predicted octanol–water partition coefficient (Wildman–Crippen LogP) is -3.58. The zero-order chi connectivity index (χ0) is 32.1. The Hall–Kier alpha value is -4.28. The van der Waals surface area contributed by atoms with E-state index in [9.17, 15) is 44.1 Å². The summed E-state index contributed by atoms with van der Waals surface area (Å²) in [5.74, 6) is -5.78. The van der Waals surface area contributed by atoms with Crippen molar-refractivity contribution in [2.75, 3.05) is 7.11 Å². The lowest BCUT2D eigenvalue weighted by Gasteiger charge is -2.27. The molecule has 16 nitrogen and oxygen atoms in total. The summed E-state index contributed by atoms with van der Waals surface area (Å²) in [5, 5.41) is 38.8. The highest BCUT2D eigenvalue weighted by atomic mass is 16.5. The topological polar surface area (TPSA) is 272 Å². The fraction of sp³-hybridized carbons (Fsp3) is 0.538. The molecule has 0 fully saturated rings. The third kappa shape index (κ3) is 11.3. The minimum absolute atomic E-state index is 0.0625. The number of phenols is 1. The number of carbonyl (C=O) groups is 6. The Morgan fingerprint density at radius 2 is 1.31 bits per heavy atom. The molecule has 234 valence electrons. The minimum Gasteiger partial charge on any atom is -0.508 e. The number of aromatic hydroxyl groups is 1. The molecule has 1 aromatic rings. The first-order valence-corrected chi connectivity index (χ1v) is 13.1. The first-order valence-electron chi connectivity index (χ1n) is 13.1. The van der Waals surface area contributed by atoms with Crippen LogP contribution in [0.5, 0.6) is 5.75 Å². The van der Waals surface area contributed by atoms with E-state index in [4.69, 9.17) is 11.5 Å². The second kappa shape index (κ2) is 16.9. The van der Waals surface area contributed by atoms with Crippen molar-refractivity contribution in [1.82, 2.24) is 21.3 Å². The molecule has 0 heterocycles. The van der Waals surface area contributed by atoms with Gasteiger partial charge < -0.3 is 52.8 Å². The lowest BCUT2D eigenvalue weighted by atomic mass is 10.0. The first kappa shape index (κ1) is 35.7. The smallest absolute Gasteiger partial charge is 0.331 e. The number of hydrogen-bond donors (Lipinski definition) is 9. The van der Waals surface area contributed by atoms with Gasteiger partial charge in [-0.2, -0.15) is 0 Å². The fourth-order valence-corrected chi connectivity index (χ4v) is 3.63. The number of benzene rings is 1. The summed E-state index contributed by atoms with van der Waals surface area (Å²) in [5.41, 5.74) is 11.4. The van der Waals surface area contributed by atoms with Gasteiger partial charge in [0.1, 0.15) is 23.9 Å². The molecule has 1 aromatic carbocycles. The maximum Gasteiger partial charge on any atom is 0.331 e. The Labute approximate surface area is 242 Å². The number of aliphatic hydroxyl groups excluding tert-OH is 2. The van der Waals surface area contributed by atoms with Crippen LogP contribution >= 0.6 is 0 Å². The van der Waals surface area contributed by atoms with Crippen molar-refractivity contribution in [2.24, 2.45) is 11.5 Å². The average molecular weight is 597 g/mol. The zero-order valence-corrected chi connectivity index (χ0v) is 23.8. The number of ether oxygens (including phenoxy) is 1. The van der Waals surface area contributed by atoms with Crippen LogP contribution < -0.4 is 32.7 Å². The van der Waals surface area contributed by atoms with Crippen LogP contribution in [0, 0.1) is 0 Å². The van der Waals surface area contributed by atoms with Gasteiger partial charge in [-0.15, -0.1) is 0 Å². The highest BCUT2D eigenvalue weighted by molar-refractivity contribution is 5.97. The summed E-state index contributed by atoms with van der Waals surface area (Å²) in [6.07, 6.45) is -3.48. The Bertz CT molecular complexity index is 1110. The molecule has 16 heteroatoms. The SMILES string of the molecule is CC[C@H](N)C(=O)N[C@H](C(=O)N[C@@H](CC(N)=O)C(=O)N[C@@H](Cc1ccc(O)cc1)C(=O)N[C@H](C(=O)OC)[C@@H](C)O)[C@@H](C)O. The van der Waals surface area contributed by atoms with Crippen molar-refractivity contribution >= 4 is 35.5 Å². The minimum atomic E-state index is -1.66. The molecule has 0 aliphatic rings. The second-order valence-electron chi connectivity index (χ2n) is 9.65. The van der Waals surface area contributed by atoms with Gasteiger partial charge in [0.05, 0.1) is 31.8 Å². The molecule has 5 amide bonds. The maximum atomic E-state index is 13.3. The third-order valence-electron chi connectivity index (χ3n) is 6.12. The van der Waals surface area contributed by atoms with Crippen LogP contribution in [0.25, 0.3) is 0 Å². The van der Waals surface area contributed by atoms with Gasteiger partial charge in [-0.3, -0.25) is 24.0 Å². The second-order valence-corrected chi connectivity index (χ2v) is 9.65. The molecule has 0 radical (unpaired) electrons. The lowest BCUT2D eigenvalue weighted by Crippen LogP contribution is -2.61. The van der Waals surface area contributed by atoms with E-state index in [1.807, 2.05) is 0 Å². The largest absolute Gasteiger partial charge is 0.508 e. The Morgan fingerprint density at radius 3 is 1.79 bits per heavy atom. The van der Waals surface area contributed by atoms with Crippen molar-refractivity contribution in [2.45, 2.75) is 82.5 Å². The normalized spacial score (nSPS) is 15.9. The summed E-state index contributed by atoms with van der Waals surface area (Å²) in [7, 11) is 1.05. The van der Waals surface area contributed by atoms with Gasteiger partial charge in [-0.05, 0) is 38.0 Å². The number of nitrogens with two attached hydrogens (primary N) is 2. The Morgan fingerprint density at radius 1 is 0.810 bits per heavy atom. The van der Waals surface area contributed by atoms with Gasteiger partial charge in [-0.25, -0.2) is 4.79 Å². The first-order chi connectivity index (χ1) is 19.6. The van der Waals surface area contributed by atoms with Gasteiger partial charge in [-0.1, -0.05) is 19.1 Å². The van der Waals surface area contributed by atoms with Crippen LogP contribution in [-0.2, 0) is 39.9 Å². The van der Waals surface area contributed by atoms with E-state index in [1.165, 1.54) is 38.1 Å². The molecule has 0 saturated heterocycles. The van der Waals surface area contributed by atoms with Crippen LogP contribution in [0.1, 0.15) is 39.2 Å². The molecule has 0 spiro atoms. The molecule has 11 N–H and O–H groups in total. The number of carbonyl (C=O) groups excluding carboxylic acids is 6. The standard InChI is InChI=1S/C26H40N6O10/c1-5-16(27)22(37)31-20(12(2)33)25(40)30-18(11-19(28)36)23(38)29-17(10-14-6-8-15(35)9-7-14)24(39)32-21(13(3)34)26(41)42-4/h6-9,12-13,16-18,20-21,33-35H,5,10-11,27H2,1-4H3,(H2,28,36)(H,29,38)(H,30,40)(H,31,37)(H,32,39)/t12-,13-,16+,17+,18+,20+,21+/m1/s1. The molecule has 0 bridgehead atoms. The van der Waals surface area contributed by atoms with Crippen LogP contribution in [-0.4, -0.2) is 100 Å². The summed E-state index contributed by atoms with van der Waals surface area (Å²) >= 11 is 0. The van der Waals surface area contributed by atoms with E-state index in [1.54, 1.807) is 6.92 Å². The molecule has 0 aliphatic carbocycles. The van der Waals surface area contributed by atoms with Crippen molar-refractivity contribution in [3.63, 3.8) is 0 Å². The Balaban J connectivity index is 3.28. The number of esters is 1. The van der Waals surface area contributed by atoms with Crippen LogP contribution in [0.15, 0.2) is 24.3 Å². The number of rotatable bonds is 16. The van der Waals surface area contributed by atoms with Crippen molar-refractivity contribution in [3.05, 3.63) is 29.8 Å². The summed E-state index contributed by atoms with van der Waals surface area (Å²) in [6, 6.07) is -1.51. The van der Waals surface area contributed by atoms with Crippen molar-refractivity contribution in [3.8, 4) is 5.75 Å². The predicted molar refractivity (Wildman–Crippen MR) is 147 cm³/mol. The van der Waals surface area contributed by atoms with Gasteiger partial charge >= 0.3 is 5.97 Å². The number of nitrogens with one attached hydrogen (secondary N) is 4. The van der Waals surface area contributed by atoms with Crippen molar-refractivity contribution in [1.29, 1.82) is 0 Å². The molecule has 0 aromatic heterocycles. The number of hydrogen-bond acceptors (Lipinski definition) is 11. The van der Waals surface area contributed by atoms with Gasteiger partial charge in [0.2, 0.25) is 29.5 Å². The quantitative estimate of drug-likeness (QED) is 0.0842. The summed E-state index contributed by atoms with van der Waals surface area (Å²) < 4.78 is 4.60. The van der Waals surface area contributed by atoms with Crippen molar-refractivity contribution < 1.29 is 48.8 Å². The zero-order valence-electron chi connectivity index (χ0n) is 23.8. The van der Waals surface area contributed by atoms with Crippen LogP contribution in [0.3, 0.4) is 0 Å². The van der Waals surface area contributed by atoms with E-state index < -0.39 is 84.3 Å². The van der Waals surface area contributed by atoms with Crippen LogP contribution in [0.2, 0.25) is 0 Å². The molecular weight excluding hydrogens is 556 g/mol. The summed E-state index contributed by atoms with van der Waals surface area (Å²) in [6.45, 7) is 4.08. The molecule has 0 unspecified atom stereocenters. The summed E-state index contributed by atoms with van der Waals surface area (Å²) in [4.78, 5) is 75.5. The molecule has 1 rings (SSSR count). The number of primary amides is 1. The maximum absolute atomic E-state index is 13.3. The highest BCUT2D eigenvalue weighted by Crippen LogP contribution is 2.12. The van der Waals surface area contributed by atoms with Gasteiger partial charge in [0.25, 0.3) is 0 Å². The van der Waals surface area contributed by atoms with E-state index in [2.05, 4.69) is 26.0 Å². The number of amides is 5. The molecule has 0 aliphatic heterocycles. The highest BCUT2D eigenvalue weighted by Gasteiger charge is 2.35. The average Bonchev–Trinajstić information content (AvgIpc) is 2.92. The monoisotopic (exact) mass is 596 g/mol. The fourth-order valence-electron chi connectivity index (χ4n) is 3.63. The lowest BCUT2D eigenvalue weighted by molar-refractivity contribution is -0.148. The van der Waals surface area contributed by atoms with Gasteiger partial charge in [0.15, 0.2) is 6.04 Å². The molecule has 7 atom stereocenters. The number of aliphatic hydroxyl groups is 2. The third-order valence-corrected chi connectivity index (χ3v) is 6.12.